The third kappa shape index (κ3) is 4.40. The molecule has 1 saturated heterocycles. The van der Waals surface area contributed by atoms with E-state index in [4.69, 9.17) is 21.8 Å². The molecule has 3 aromatic rings. The number of oxazole rings is 1. The molecule has 3 heterocycles. The van der Waals surface area contributed by atoms with E-state index >= 15 is 0 Å². The van der Waals surface area contributed by atoms with Crippen LogP contribution in [-0.4, -0.2) is 32.3 Å². The van der Waals surface area contributed by atoms with Gasteiger partial charge in [0.1, 0.15) is 17.5 Å². The molecule has 1 amide bonds. The number of rotatable bonds is 4. The smallest absolute Gasteiger partial charge is 0.273 e. The van der Waals surface area contributed by atoms with Gasteiger partial charge < -0.3 is 15.1 Å². The molecule has 7 nitrogen and oxygen atoms in total. The van der Waals surface area contributed by atoms with Crippen molar-refractivity contribution in [2.45, 2.75) is 38.6 Å². The summed E-state index contributed by atoms with van der Waals surface area (Å²) in [7, 11) is 0. The second-order valence-electron chi connectivity index (χ2n) is 7.23. The van der Waals surface area contributed by atoms with Crippen molar-refractivity contribution in [2.24, 2.45) is 0 Å². The van der Waals surface area contributed by atoms with Crippen LogP contribution in [0.3, 0.4) is 0 Å². The monoisotopic (exact) mass is 411 g/mol. The summed E-state index contributed by atoms with van der Waals surface area (Å²) in [5, 5.41) is 0.686. The molecular weight excluding hydrogens is 390 g/mol. The van der Waals surface area contributed by atoms with E-state index in [9.17, 15) is 4.79 Å². The zero-order chi connectivity index (χ0) is 20.4. The van der Waals surface area contributed by atoms with Gasteiger partial charge in [0.15, 0.2) is 0 Å². The van der Waals surface area contributed by atoms with Crippen LogP contribution in [0.1, 0.15) is 58.7 Å². The number of hydrogen-bond donors (Lipinski definition) is 1. The van der Waals surface area contributed by atoms with Crippen molar-refractivity contribution < 1.29 is 9.21 Å². The van der Waals surface area contributed by atoms with E-state index in [2.05, 4.69) is 15.0 Å². The Morgan fingerprint density at radius 1 is 1.31 bits per heavy atom. The number of hydrogen-bond acceptors (Lipinski definition) is 6. The Balaban J connectivity index is 1.56. The second-order valence-corrected chi connectivity index (χ2v) is 7.67. The number of carbonyl (C=O) groups is 1. The van der Waals surface area contributed by atoms with Crippen molar-refractivity contribution in [1.29, 1.82) is 0 Å². The third-order valence-electron chi connectivity index (χ3n) is 4.98. The van der Waals surface area contributed by atoms with Crippen LogP contribution in [0.4, 0.5) is 5.95 Å². The average molecular weight is 412 g/mol. The van der Waals surface area contributed by atoms with Gasteiger partial charge in [-0.1, -0.05) is 23.7 Å². The van der Waals surface area contributed by atoms with E-state index in [-0.39, 0.29) is 17.9 Å². The molecule has 2 N–H and O–H groups in total. The molecule has 1 fully saturated rings. The van der Waals surface area contributed by atoms with Crippen LogP contribution in [0, 0.1) is 6.92 Å². The van der Waals surface area contributed by atoms with Crippen LogP contribution >= 0.6 is 11.6 Å². The molecule has 150 valence electrons. The molecule has 1 aromatic carbocycles. The summed E-state index contributed by atoms with van der Waals surface area (Å²) >= 11 is 6.06. The molecule has 1 atom stereocenters. The lowest BCUT2D eigenvalue weighted by Crippen LogP contribution is -2.39. The fourth-order valence-electron chi connectivity index (χ4n) is 3.69. The van der Waals surface area contributed by atoms with Crippen LogP contribution in [0.15, 0.2) is 40.9 Å². The fourth-order valence-corrected chi connectivity index (χ4v) is 3.90. The van der Waals surface area contributed by atoms with Crippen LogP contribution in [0.25, 0.3) is 0 Å². The number of aromatic nitrogens is 3. The predicted molar refractivity (Wildman–Crippen MR) is 110 cm³/mol. The van der Waals surface area contributed by atoms with Crippen LogP contribution in [0.5, 0.6) is 0 Å². The Morgan fingerprint density at radius 3 is 2.97 bits per heavy atom. The van der Waals surface area contributed by atoms with Crippen molar-refractivity contribution in [3.05, 3.63) is 70.2 Å². The molecule has 0 bridgehead atoms. The molecule has 0 radical (unpaired) electrons. The van der Waals surface area contributed by atoms with Gasteiger partial charge in [-0.15, -0.1) is 0 Å². The van der Waals surface area contributed by atoms with E-state index < -0.39 is 0 Å². The van der Waals surface area contributed by atoms with E-state index in [0.717, 1.165) is 30.6 Å². The summed E-state index contributed by atoms with van der Waals surface area (Å²) in [5.74, 6) is 1.21. The van der Waals surface area contributed by atoms with Gasteiger partial charge in [0.25, 0.3) is 5.91 Å². The number of likely N-dealkylation sites (tertiary alicyclic amines) is 1. The highest BCUT2D eigenvalue weighted by Gasteiger charge is 2.32. The Bertz CT molecular complexity index is 1020. The van der Waals surface area contributed by atoms with Crippen molar-refractivity contribution in [3.8, 4) is 0 Å². The highest BCUT2D eigenvalue weighted by Crippen LogP contribution is 2.32. The summed E-state index contributed by atoms with van der Waals surface area (Å²) in [6.45, 7) is 2.41. The first-order valence-corrected chi connectivity index (χ1v) is 9.98. The van der Waals surface area contributed by atoms with Crippen LogP contribution < -0.4 is 5.73 Å². The quantitative estimate of drug-likeness (QED) is 0.697. The van der Waals surface area contributed by atoms with Gasteiger partial charge in [-0.05, 0) is 49.9 Å². The normalized spacial score (nSPS) is 16.8. The molecule has 29 heavy (non-hydrogen) atoms. The standard InChI is InChI=1S/C21H22ClN5O2/c1-13-9-17(26-21(23)25-13)20(28)27-8-3-2-7-18(27)19-24-12-16(29-19)11-14-5-4-6-15(22)10-14/h4-6,9-10,12,18H,2-3,7-8,11H2,1H3,(H2,23,25,26)/t18-/m0/s1. The number of anilines is 1. The number of nitrogen functional groups attached to an aromatic ring is 1. The number of halogens is 1. The third-order valence-corrected chi connectivity index (χ3v) is 5.21. The van der Waals surface area contributed by atoms with Crippen LogP contribution in [0.2, 0.25) is 5.02 Å². The molecule has 0 aliphatic carbocycles. The highest BCUT2D eigenvalue weighted by atomic mass is 35.5. The Hall–Kier alpha value is -2.93. The Labute approximate surface area is 173 Å². The maximum atomic E-state index is 13.1. The summed E-state index contributed by atoms with van der Waals surface area (Å²) in [6, 6.07) is 9.08. The molecule has 1 aliphatic rings. The zero-order valence-electron chi connectivity index (χ0n) is 16.1. The molecule has 1 aliphatic heterocycles. The van der Waals surface area contributed by atoms with Gasteiger partial charge in [0.2, 0.25) is 11.8 Å². The van der Waals surface area contributed by atoms with Gasteiger partial charge in [0, 0.05) is 23.7 Å². The lowest BCUT2D eigenvalue weighted by molar-refractivity contribution is 0.0564. The van der Waals surface area contributed by atoms with E-state index in [1.807, 2.05) is 24.3 Å². The van der Waals surface area contributed by atoms with Gasteiger partial charge in [-0.3, -0.25) is 4.79 Å². The van der Waals surface area contributed by atoms with Gasteiger partial charge in [-0.2, -0.15) is 0 Å². The van der Waals surface area contributed by atoms with E-state index in [1.54, 1.807) is 24.1 Å². The van der Waals surface area contributed by atoms with Crippen molar-refractivity contribution >= 4 is 23.5 Å². The minimum absolute atomic E-state index is 0.0989. The number of nitrogens with two attached hydrogens (primary N) is 1. The minimum Gasteiger partial charge on any atom is -0.443 e. The minimum atomic E-state index is -0.221. The maximum absolute atomic E-state index is 13.1. The maximum Gasteiger partial charge on any atom is 0.273 e. The molecule has 4 rings (SSSR count). The highest BCUT2D eigenvalue weighted by molar-refractivity contribution is 6.30. The van der Waals surface area contributed by atoms with E-state index in [1.165, 1.54) is 0 Å². The first kappa shape index (κ1) is 19.4. The number of piperidine rings is 1. The lowest BCUT2D eigenvalue weighted by atomic mass is 10.0. The first-order valence-electron chi connectivity index (χ1n) is 9.61. The largest absolute Gasteiger partial charge is 0.443 e. The topological polar surface area (TPSA) is 98.1 Å². The second kappa shape index (κ2) is 8.21. The summed E-state index contributed by atoms with van der Waals surface area (Å²) < 4.78 is 6.03. The number of nitrogens with zero attached hydrogens (tertiary/aromatic N) is 4. The number of amides is 1. The number of benzene rings is 1. The Morgan fingerprint density at radius 2 is 2.17 bits per heavy atom. The van der Waals surface area contributed by atoms with Gasteiger partial charge in [0.05, 0.1) is 6.20 Å². The van der Waals surface area contributed by atoms with Gasteiger partial charge >= 0.3 is 0 Å². The molecule has 8 heteroatoms. The average Bonchev–Trinajstić information content (AvgIpc) is 3.15. The molecule has 0 saturated carbocycles. The summed E-state index contributed by atoms with van der Waals surface area (Å²) in [5.41, 5.74) is 7.73. The molecule has 0 spiro atoms. The first-order chi connectivity index (χ1) is 14.0. The van der Waals surface area contributed by atoms with Crippen molar-refractivity contribution in [3.63, 3.8) is 0 Å². The summed E-state index contributed by atoms with van der Waals surface area (Å²) in [4.78, 5) is 27.5. The molecular formula is C21H22ClN5O2. The van der Waals surface area contributed by atoms with E-state index in [0.29, 0.717) is 35.3 Å². The van der Waals surface area contributed by atoms with Crippen LogP contribution in [-0.2, 0) is 6.42 Å². The molecule has 2 aromatic heterocycles. The lowest BCUT2D eigenvalue weighted by Gasteiger charge is -2.33. The number of aryl methyl sites for hydroxylation is 1. The number of carbonyl (C=O) groups excluding carboxylic acids is 1. The fraction of sp³-hybridized carbons (Fsp3) is 0.333. The summed E-state index contributed by atoms with van der Waals surface area (Å²) in [6.07, 6.45) is 5.04. The molecule has 0 unspecified atom stereocenters. The zero-order valence-corrected chi connectivity index (χ0v) is 16.9. The SMILES string of the molecule is Cc1cc(C(=O)N2CCCC[C@H]2c2ncc(Cc3cccc(Cl)c3)o2)nc(N)n1. The van der Waals surface area contributed by atoms with Crippen molar-refractivity contribution in [1.82, 2.24) is 19.9 Å². The Kier molecular flexibility index (Phi) is 5.49. The van der Waals surface area contributed by atoms with Gasteiger partial charge in [-0.25, -0.2) is 15.0 Å². The van der Waals surface area contributed by atoms with Crippen molar-refractivity contribution in [2.75, 3.05) is 12.3 Å². The predicted octanol–water partition coefficient (Wildman–Crippen LogP) is 3.97.